The maximum atomic E-state index is 13.9. The summed E-state index contributed by atoms with van der Waals surface area (Å²) in [4.78, 5) is 53.2. The first-order valence-corrected chi connectivity index (χ1v) is 18.6. The summed E-state index contributed by atoms with van der Waals surface area (Å²) in [6.45, 7) is 3.24. The van der Waals surface area contributed by atoms with Crippen LogP contribution in [0.3, 0.4) is 0 Å². The summed E-state index contributed by atoms with van der Waals surface area (Å²) in [5, 5.41) is 0. The van der Waals surface area contributed by atoms with Crippen molar-refractivity contribution in [3.8, 4) is 5.75 Å². The van der Waals surface area contributed by atoms with Crippen LogP contribution in [0.5, 0.6) is 5.75 Å². The average Bonchev–Trinajstić information content (AvgIpc) is 3.24. The number of carbonyl (C=O) groups excluding carboxylic acids is 4. The van der Waals surface area contributed by atoms with Gasteiger partial charge in [-0.1, -0.05) is 97.9 Å². The van der Waals surface area contributed by atoms with E-state index in [-0.39, 0.29) is 29.9 Å². The second kappa shape index (κ2) is 19.5. The zero-order valence-corrected chi connectivity index (χ0v) is 31.9. The van der Waals surface area contributed by atoms with Crippen molar-refractivity contribution >= 4 is 23.9 Å². The zero-order chi connectivity index (χ0) is 40.1. The fourth-order valence-electron chi connectivity index (χ4n) is 6.34. The molecule has 1 aliphatic heterocycles. The fraction of sp³-hybridized carbons (Fsp3) is 0.261. The third kappa shape index (κ3) is 10.7. The van der Waals surface area contributed by atoms with Crippen LogP contribution in [0, 0.1) is 0 Å². The molecule has 6 rings (SSSR count). The van der Waals surface area contributed by atoms with E-state index < -0.39 is 54.6 Å². The molecule has 0 aliphatic carbocycles. The molecule has 0 unspecified atom stereocenters. The second-order valence-electron chi connectivity index (χ2n) is 13.4. The minimum absolute atomic E-state index is 0.0315. The Labute approximate surface area is 331 Å². The van der Waals surface area contributed by atoms with Crippen molar-refractivity contribution in [1.82, 2.24) is 0 Å². The zero-order valence-electron chi connectivity index (χ0n) is 31.9. The van der Waals surface area contributed by atoms with Gasteiger partial charge in [-0.3, -0.25) is 4.79 Å². The molecule has 1 aliphatic rings. The van der Waals surface area contributed by atoms with E-state index >= 15 is 0 Å². The maximum absolute atomic E-state index is 13.9. The van der Waals surface area contributed by atoms with E-state index in [0.717, 1.165) is 17.5 Å². The Bertz CT molecular complexity index is 2100. The van der Waals surface area contributed by atoms with Crippen LogP contribution < -0.4 is 4.74 Å². The standard InChI is InChI=1S/C46H44O11/c1-4-31-20-22-32(23-21-31)26-37-25-24-33(28-52-30(2)47)27-38(37)53-46-42(57-45(50)36-18-12-7-13-19-36)41(56-44(49)35-16-10-6-11-17-35)40(39(54-46)29-51-3)55-43(48)34-14-8-5-9-15-34/h5-25,27,39-42,46H,4,26,28-29H2,1-3H3/t39-,40-,41+,42-,46+/m1/s1. The monoisotopic (exact) mass is 772 g/mol. The molecule has 0 spiro atoms. The molecule has 0 amide bonds. The highest BCUT2D eigenvalue weighted by Gasteiger charge is 2.54. The Hall–Kier alpha value is -6.30. The molecule has 0 saturated carbocycles. The summed E-state index contributed by atoms with van der Waals surface area (Å²) in [6.07, 6.45) is -5.50. The van der Waals surface area contributed by atoms with Gasteiger partial charge in [0.05, 0.1) is 23.3 Å². The van der Waals surface area contributed by atoms with Crippen molar-refractivity contribution in [2.24, 2.45) is 0 Å². The van der Waals surface area contributed by atoms with Crippen LogP contribution in [0.1, 0.15) is 67.2 Å². The normalized spacial score (nSPS) is 18.8. The molecule has 0 radical (unpaired) electrons. The van der Waals surface area contributed by atoms with Gasteiger partial charge >= 0.3 is 23.9 Å². The highest BCUT2D eigenvalue weighted by atomic mass is 16.7. The molecule has 5 aromatic carbocycles. The fourth-order valence-corrected chi connectivity index (χ4v) is 6.34. The number of hydrogen-bond acceptors (Lipinski definition) is 11. The van der Waals surface area contributed by atoms with E-state index in [1.807, 2.05) is 24.3 Å². The summed E-state index contributed by atoms with van der Waals surface area (Å²) in [5.41, 5.74) is 4.20. The molecule has 5 aromatic rings. The Morgan fingerprint density at radius 3 is 1.60 bits per heavy atom. The first kappa shape index (κ1) is 40.4. The number of esters is 4. The number of rotatable bonds is 15. The van der Waals surface area contributed by atoms with Crippen molar-refractivity contribution < 1.29 is 52.3 Å². The van der Waals surface area contributed by atoms with Crippen molar-refractivity contribution in [3.05, 3.63) is 172 Å². The van der Waals surface area contributed by atoms with E-state index in [4.69, 9.17) is 33.2 Å². The number of benzene rings is 5. The highest BCUT2D eigenvalue weighted by molar-refractivity contribution is 5.91. The topological polar surface area (TPSA) is 133 Å². The predicted octanol–water partition coefficient (Wildman–Crippen LogP) is 7.33. The molecule has 0 bridgehead atoms. The SMILES string of the molecule is CCc1ccc(Cc2ccc(COC(C)=O)cc2O[C@H]2O[C@H](COC)[C@@H](OC(=O)c3ccccc3)[C@H](OC(=O)c3ccccc3)[C@H]2OC(=O)c2ccccc2)cc1. The van der Waals surface area contributed by atoms with E-state index in [0.29, 0.717) is 17.7 Å². The number of hydrogen-bond donors (Lipinski definition) is 0. The van der Waals surface area contributed by atoms with Gasteiger partial charge in [0, 0.05) is 20.5 Å². The van der Waals surface area contributed by atoms with Crippen LogP contribution in [0.2, 0.25) is 0 Å². The summed E-state index contributed by atoms with van der Waals surface area (Å²) in [5.74, 6) is -2.39. The molecular weight excluding hydrogens is 728 g/mol. The minimum Gasteiger partial charge on any atom is -0.461 e. The Morgan fingerprint density at radius 1 is 0.596 bits per heavy atom. The Morgan fingerprint density at radius 2 is 1.09 bits per heavy atom. The summed E-state index contributed by atoms with van der Waals surface area (Å²) >= 11 is 0. The third-order valence-electron chi connectivity index (χ3n) is 9.32. The van der Waals surface area contributed by atoms with Gasteiger partial charge in [-0.15, -0.1) is 0 Å². The lowest BCUT2D eigenvalue weighted by Crippen LogP contribution is -2.63. The van der Waals surface area contributed by atoms with Gasteiger partial charge in [-0.2, -0.15) is 0 Å². The van der Waals surface area contributed by atoms with Gasteiger partial charge < -0.3 is 33.2 Å². The molecule has 11 nitrogen and oxygen atoms in total. The number of aryl methyl sites for hydroxylation is 1. The van der Waals surface area contributed by atoms with Crippen LogP contribution in [-0.2, 0) is 52.7 Å². The van der Waals surface area contributed by atoms with Gasteiger partial charge in [-0.25, -0.2) is 14.4 Å². The van der Waals surface area contributed by atoms with E-state index in [1.54, 1.807) is 97.1 Å². The van der Waals surface area contributed by atoms with Gasteiger partial charge in [0.1, 0.15) is 18.5 Å². The van der Waals surface area contributed by atoms with E-state index in [1.165, 1.54) is 19.6 Å². The van der Waals surface area contributed by atoms with Crippen LogP contribution >= 0.6 is 0 Å². The lowest BCUT2D eigenvalue weighted by atomic mass is 9.97. The minimum atomic E-state index is -1.50. The first-order valence-electron chi connectivity index (χ1n) is 18.6. The second-order valence-corrected chi connectivity index (χ2v) is 13.4. The summed E-state index contributed by atoms with van der Waals surface area (Å²) in [7, 11) is 1.45. The molecule has 5 atom stereocenters. The molecule has 0 N–H and O–H groups in total. The van der Waals surface area contributed by atoms with Crippen molar-refractivity contribution in [1.29, 1.82) is 0 Å². The van der Waals surface area contributed by atoms with Crippen molar-refractivity contribution in [2.45, 2.75) is 64.0 Å². The van der Waals surface area contributed by atoms with Gasteiger partial charge in [0.25, 0.3) is 0 Å². The van der Waals surface area contributed by atoms with Gasteiger partial charge in [-0.05, 0) is 71.1 Å². The number of ether oxygens (including phenoxy) is 7. The van der Waals surface area contributed by atoms with Crippen molar-refractivity contribution in [3.63, 3.8) is 0 Å². The van der Waals surface area contributed by atoms with Gasteiger partial charge in [0.15, 0.2) is 12.2 Å². The maximum Gasteiger partial charge on any atom is 0.338 e. The van der Waals surface area contributed by atoms with E-state index in [9.17, 15) is 19.2 Å². The van der Waals surface area contributed by atoms with Crippen LogP contribution in [-0.4, -0.2) is 68.3 Å². The number of methoxy groups -OCH3 is 1. The third-order valence-corrected chi connectivity index (χ3v) is 9.32. The van der Waals surface area contributed by atoms with Crippen molar-refractivity contribution in [2.75, 3.05) is 13.7 Å². The molecule has 1 fully saturated rings. The smallest absolute Gasteiger partial charge is 0.338 e. The van der Waals surface area contributed by atoms with Gasteiger partial charge in [0.2, 0.25) is 12.4 Å². The molecule has 11 heteroatoms. The molecule has 57 heavy (non-hydrogen) atoms. The lowest BCUT2D eigenvalue weighted by Gasteiger charge is -2.44. The molecular formula is C46H44O11. The Kier molecular flexibility index (Phi) is 13.8. The predicted molar refractivity (Wildman–Crippen MR) is 209 cm³/mol. The summed E-state index contributed by atoms with van der Waals surface area (Å²) in [6, 6.07) is 38.5. The first-order chi connectivity index (χ1) is 27.7. The van der Waals surface area contributed by atoms with Crippen LogP contribution in [0.15, 0.2) is 133 Å². The number of carbonyl (C=O) groups is 4. The van der Waals surface area contributed by atoms with Crippen LogP contribution in [0.25, 0.3) is 0 Å². The van der Waals surface area contributed by atoms with Crippen LogP contribution in [0.4, 0.5) is 0 Å². The molecule has 1 heterocycles. The largest absolute Gasteiger partial charge is 0.461 e. The lowest BCUT2D eigenvalue weighted by molar-refractivity contribution is -0.276. The quantitative estimate of drug-likeness (QED) is 0.0783. The average molecular weight is 773 g/mol. The molecule has 1 saturated heterocycles. The Balaban J connectivity index is 1.44. The summed E-state index contributed by atoms with van der Waals surface area (Å²) < 4.78 is 42.6. The van der Waals surface area contributed by atoms with E-state index in [2.05, 4.69) is 19.1 Å². The molecule has 0 aromatic heterocycles. The highest BCUT2D eigenvalue weighted by Crippen LogP contribution is 2.34. The molecule has 294 valence electrons.